The number of ketones is 1. The topological polar surface area (TPSA) is 32.3 Å². The van der Waals surface area contributed by atoms with Gasteiger partial charge in [-0.3, -0.25) is 9.69 Å². The highest BCUT2D eigenvalue weighted by Crippen LogP contribution is 2.16. The van der Waals surface area contributed by atoms with E-state index in [0.29, 0.717) is 18.4 Å². The fourth-order valence-electron chi connectivity index (χ4n) is 2.15. The van der Waals surface area contributed by atoms with Gasteiger partial charge in [0.25, 0.3) is 0 Å². The van der Waals surface area contributed by atoms with Gasteiger partial charge in [-0.15, -0.1) is 0 Å². The monoisotopic (exact) mass is 242 g/mol. The Morgan fingerprint density at radius 3 is 2.35 bits per heavy atom. The lowest BCUT2D eigenvalue weighted by atomic mass is 9.96. The molecule has 0 unspecified atom stereocenters. The molecular weight excluding hydrogens is 212 g/mol. The maximum Gasteiger partial charge on any atom is 0.149 e. The predicted octanol–water partition coefficient (Wildman–Crippen LogP) is 2.17. The maximum atomic E-state index is 11.7. The van der Waals surface area contributed by atoms with Crippen LogP contribution in [0.15, 0.2) is 0 Å². The second-order valence-corrected chi connectivity index (χ2v) is 5.90. The van der Waals surface area contributed by atoms with Crippen LogP contribution in [0.3, 0.4) is 0 Å². The Labute approximate surface area is 107 Å². The number of hydrogen-bond donors (Lipinski definition) is 1. The highest BCUT2D eigenvalue weighted by atomic mass is 16.1. The van der Waals surface area contributed by atoms with Crippen LogP contribution in [-0.2, 0) is 4.79 Å². The van der Waals surface area contributed by atoms with Crippen molar-refractivity contribution in [1.82, 2.24) is 10.2 Å². The Bertz CT molecular complexity index is 236. The molecule has 1 saturated heterocycles. The van der Waals surface area contributed by atoms with Crippen LogP contribution in [0.25, 0.3) is 0 Å². The number of rotatable bonds is 6. The summed E-state index contributed by atoms with van der Waals surface area (Å²) in [5.74, 6) is 1.35. The van der Waals surface area contributed by atoms with Gasteiger partial charge in [0.1, 0.15) is 5.78 Å². The molecule has 0 aliphatic carbocycles. The lowest BCUT2D eigenvalue weighted by Crippen LogP contribution is -2.41. The minimum atomic E-state index is 0. The van der Waals surface area contributed by atoms with Crippen LogP contribution in [-0.4, -0.2) is 42.9 Å². The standard InChI is InChI=1S/C14H28N2O.H2/c1-11(2)14(17)10-16-7-5-13(6-8-16)9-15-12(3)4;/h11-13,15H,5-10H2,1-4H3;1H. The largest absolute Gasteiger partial charge is 0.314 e. The minimum absolute atomic E-state index is 0. The number of piperidine rings is 1. The number of likely N-dealkylation sites (tertiary alicyclic amines) is 1. The van der Waals surface area contributed by atoms with E-state index in [9.17, 15) is 4.79 Å². The molecule has 0 radical (unpaired) electrons. The fourth-order valence-corrected chi connectivity index (χ4v) is 2.15. The second-order valence-electron chi connectivity index (χ2n) is 5.90. The third-order valence-electron chi connectivity index (χ3n) is 3.55. The van der Waals surface area contributed by atoms with Crippen molar-refractivity contribution in [2.45, 2.75) is 46.6 Å². The van der Waals surface area contributed by atoms with Gasteiger partial charge in [-0.25, -0.2) is 0 Å². The van der Waals surface area contributed by atoms with E-state index in [-0.39, 0.29) is 7.34 Å². The first-order valence-corrected chi connectivity index (χ1v) is 6.97. The molecule has 0 atom stereocenters. The Kier molecular flexibility index (Phi) is 6.14. The number of hydrogen-bond acceptors (Lipinski definition) is 3. The molecule has 17 heavy (non-hydrogen) atoms. The normalized spacial score (nSPS) is 19.2. The highest BCUT2D eigenvalue weighted by Gasteiger charge is 2.21. The molecule has 0 aromatic rings. The molecule has 0 aromatic carbocycles. The van der Waals surface area contributed by atoms with Gasteiger partial charge in [-0.05, 0) is 38.4 Å². The predicted molar refractivity (Wildman–Crippen MR) is 74.3 cm³/mol. The van der Waals surface area contributed by atoms with Crippen LogP contribution < -0.4 is 5.32 Å². The zero-order valence-electron chi connectivity index (χ0n) is 11.8. The van der Waals surface area contributed by atoms with Gasteiger partial charge < -0.3 is 5.32 Å². The molecule has 1 fully saturated rings. The molecule has 102 valence electrons. The first-order valence-electron chi connectivity index (χ1n) is 6.97. The van der Waals surface area contributed by atoms with Gasteiger partial charge >= 0.3 is 0 Å². The van der Waals surface area contributed by atoms with Crippen molar-refractivity contribution in [3.63, 3.8) is 0 Å². The van der Waals surface area contributed by atoms with Crippen LogP contribution in [0.2, 0.25) is 0 Å². The Balaban J connectivity index is 0.00000289. The summed E-state index contributed by atoms with van der Waals surface area (Å²) in [6.45, 7) is 12.3. The summed E-state index contributed by atoms with van der Waals surface area (Å²) in [7, 11) is 0. The van der Waals surface area contributed by atoms with Crippen molar-refractivity contribution in [2.24, 2.45) is 11.8 Å². The van der Waals surface area contributed by atoms with Gasteiger partial charge in [0.05, 0.1) is 6.54 Å². The molecular formula is C14H30N2O. The van der Waals surface area contributed by atoms with Crippen molar-refractivity contribution in [3.05, 3.63) is 0 Å². The summed E-state index contributed by atoms with van der Waals surface area (Å²) < 4.78 is 0. The Morgan fingerprint density at radius 2 is 1.88 bits per heavy atom. The van der Waals surface area contributed by atoms with Crippen LogP contribution in [0.4, 0.5) is 0 Å². The van der Waals surface area contributed by atoms with Crippen molar-refractivity contribution in [3.8, 4) is 0 Å². The second kappa shape index (κ2) is 7.12. The van der Waals surface area contributed by atoms with Gasteiger partial charge in [-0.2, -0.15) is 0 Å². The summed E-state index contributed by atoms with van der Waals surface area (Å²) in [5, 5.41) is 3.50. The van der Waals surface area contributed by atoms with Crippen LogP contribution in [0.1, 0.15) is 42.0 Å². The van der Waals surface area contributed by atoms with E-state index in [0.717, 1.165) is 25.6 Å². The van der Waals surface area contributed by atoms with Crippen LogP contribution in [0, 0.1) is 11.8 Å². The summed E-state index contributed by atoms with van der Waals surface area (Å²) in [6, 6.07) is 0.579. The molecule has 0 aromatic heterocycles. The summed E-state index contributed by atoms with van der Waals surface area (Å²) in [4.78, 5) is 14.0. The van der Waals surface area contributed by atoms with E-state index in [4.69, 9.17) is 0 Å². The molecule has 0 amide bonds. The fraction of sp³-hybridized carbons (Fsp3) is 0.929. The molecule has 3 nitrogen and oxygen atoms in total. The lowest BCUT2D eigenvalue weighted by Gasteiger charge is -2.32. The Hall–Kier alpha value is -0.410. The minimum Gasteiger partial charge on any atom is -0.314 e. The Morgan fingerprint density at radius 1 is 1.29 bits per heavy atom. The summed E-state index contributed by atoms with van der Waals surface area (Å²) >= 11 is 0. The zero-order chi connectivity index (χ0) is 12.8. The number of carbonyl (C=O) groups is 1. The molecule has 1 heterocycles. The van der Waals surface area contributed by atoms with Crippen molar-refractivity contribution in [2.75, 3.05) is 26.2 Å². The SMILES string of the molecule is CC(C)NCC1CCN(CC(=O)C(C)C)CC1.[HH]. The summed E-state index contributed by atoms with van der Waals surface area (Å²) in [6.07, 6.45) is 2.45. The van der Waals surface area contributed by atoms with E-state index in [1.807, 2.05) is 13.8 Å². The van der Waals surface area contributed by atoms with Crippen molar-refractivity contribution in [1.29, 1.82) is 0 Å². The average Bonchev–Trinajstić information content (AvgIpc) is 2.28. The van der Waals surface area contributed by atoms with Gasteiger partial charge in [0, 0.05) is 13.4 Å². The first-order chi connectivity index (χ1) is 7.99. The van der Waals surface area contributed by atoms with Crippen LogP contribution in [0.5, 0.6) is 0 Å². The smallest absolute Gasteiger partial charge is 0.149 e. The van der Waals surface area contributed by atoms with E-state index in [1.165, 1.54) is 12.8 Å². The highest BCUT2D eigenvalue weighted by molar-refractivity contribution is 5.82. The number of Topliss-reactive ketones (excluding diaryl/α,β-unsaturated/α-hetero) is 1. The average molecular weight is 242 g/mol. The summed E-state index contributed by atoms with van der Waals surface area (Å²) in [5.41, 5.74) is 0. The van der Waals surface area contributed by atoms with E-state index in [1.54, 1.807) is 0 Å². The van der Waals surface area contributed by atoms with E-state index in [2.05, 4.69) is 24.1 Å². The molecule has 3 heteroatoms. The van der Waals surface area contributed by atoms with Gasteiger partial charge in [0.2, 0.25) is 0 Å². The molecule has 1 aliphatic rings. The third-order valence-corrected chi connectivity index (χ3v) is 3.55. The molecule has 0 saturated carbocycles. The zero-order valence-corrected chi connectivity index (χ0v) is 11.8. The third kappa shape index (κ3) is 5.64. The molecule has 1 rings (SSSR count). The van der Waals surface area contributed by atoms with Crippen molar-refractivity contribution < 1.29 is 6.22 Å². The van der Waals surface area contributed by atoms with E-state index < -0.39 is 0 Å². The molecule has 1 aliphatic heterocycles. The van der Waals surface area contributed by atoms with Gasteiger partial charge in [-0.1, -0.05) is 27.7 Å². The van der Waals surface area contributed by atoms with Crippen LogP contribution >= 0.6 is 0 Å². The number of carbonyl (C=O) groups excluding carboxylic acids is 1. The molecule has 0 spiro atoms. The van der Waals surface area contributed by atoms with Gasteiger partial charge in [0.15, 0.2) is 0 Å². The first kappa shape index (κ1) is 14.7. The molecule has 0 bridgehead atoms. The van der Waals surface area contributed by atoms with E-state index >= 15 is 0 Å². The lowest BCUT2D eigenvalue weighted by molar-refractivity contribution is -0.123. The number of nitrogens with one attached hydrogen (secondary N) is 1. The quantitative estimate of drug-likeness (QED) is 0.775. The molecule has 1 N–H and O–H groups in total. The number of nitrogens with zero attached hydrogens (tertiary/aromatic N) is 1. The maximum absolute atomic E-state index is 11.7. The van der Waals surface area contributed by atoms with Crippen molar-refractivity contribution >= 4 is 5.78 Å².